The first-order chi connectivity index (χ1) is 7.54. The Morgan fingerprint density at radius 1 is 1.06 bits per heavy atom. The van der Waals surface area contributed by atoms with Gasteiger partial charge < -0.3 is 0 Å². The lowest BCUT2D eigenvalue weighted by molar-refractivity contribution is -0.0843. The molecule has 6 heteroatoms. The molecule has 0 amide bonds. The van der Waals surface area contributed by atoms with Crippen molar-refractivity contribution in [3.8, 4) is 0 Å². The summed E-state index contributed by atoms with van der Waals surface area (Å²) in [5.74, 6) is 0. The van der Waals surface area contributed by atoms with E-state index in [9.17, 15) is 0 Å². The van der Waals surface area contributed by atoms with Crippen LogP contribution in [0.5, 0.6) is 0 Å². The zero-order valence-electron chi connectivity index (χ0n) is 12.0. The molecular weight excluding hydrogens is 246 g/mol. The minimum Gasteiger partial charge on any atom is -0.261 e. The summed E-state index contributed by atoms with van der Waals surface area (Å²) in [6.45, 7) is 18.3. The lowest BCUT2D eigenvalue weighted by Gasteiger charge is -2.56. The minimum atomic E-state index is -1.07. The van der Waals surface area contributed by atoms with Crippen LogP contribution >= 0.6 is 0 Å². The molecule has 3 nitrogen and oxygen atoms in total. The molecule has 0 aromatic rings. The van der Waals surface area contributed by atoms with E-state index in [1.165, 1.54) is 25.7 Å². The van der Waals surface area contributed by atoms with E-state index in [2.05, 4.69) is 55.3 Å². The SMILES string of the molecule is CCN1[SiH2][SiH](C)[Si](C)(CC)N(CC)N1CC. The third-order valence-corrected chi connectivity index (χ3v) is 32.4. The summed E-state index contributed by atoms with van der Waals surface area (Å²) >= 11 is 0. The lowest BCUT2D eigenvalue weighted by Crippen LogP contribution is -2.77. The summed E-state index contributed by atoms with van der Waals surface area (Å²) in [5.41, 5.74) is 0. The second-order valence-electron chi connectivity index (χ2n) is 5.02. The van der Waals surface area contributed by atoms with Crippen LogP contribution in [0.2, 0.25) is 19.1 Å². The van der Waals surface area contributed by atoms with Crippen molar-refractivity contribution >= 4 is 24.8 Å². The average molecular weight is 276 g/mol. The topological polar surface area (TPSA) is 9.72 Å². The van der Waals surface area contributed by atoms with Crippen molar-refractivity contribution in [2.75, 3.05) is 19.6 Å². The van der Waals surface area contributed by atoms with Crippen molar-refractivity contribution in [2.24, 2.45) is 0 Å². The fourth-order valence-electron chi connectivity index (χ4n) is 3.00. The number of hydrogen-bond donors (Lipinski definition) is 0. The summed E-state index contributed by atoms with van der Waals surface area (Å²) < 4.78 is 5.51. The van der Waals surface area contributed by atoms with E-state index >= 15 is 0 Å². The highest BCUT2D eigenvalue weighted by atomic mass is 29.6. The second-order valence-corrected chi connectivity index (χ2v) is 25.8. The van der Waals surface area contributed by atoms with E-state index in [4.69, 9.17) is 0 Å². The number of nitrogens with zero attached hydrogens (tertiary/aromatic N) is 3. The molecule has 1 saturated heterocycles. The molecule has 1 aliphatic rings. The van der Waals surface area contributed by atoms with Crippen LogP contribution in [0.1, 0.15) is 27.7 Å². The second kappa shape index (κ2) is 5.92. The smallest absolute Gasteiger partial charge is 0.129 e. The fraction of sp³-hybridized carbons (Fsp3) is 1.00. The molecule has 1 aliphatic heterocycles. The summed E-state index contributed by atoms with van der Waals surface area (Å²) in [4.78, 5) is 0. The first-order valence-electron chi connectivity index (χ1n) is 6.84. The standard InChI is InChI=1S/C10H29N3Si3/c1-7-11-12(8-2)14-15(5)16(6,10-4)13(11)9-3/h15H,7-10,14H2,1-6H3. The molecule has 2 unspecified atom stereocenters. The predicted octanol–water partition coefficient (Wildman–Crippen LogP) is 0.907. The van der Waals surface area contributed by atoms with Crippen LogP contribution in [-0.4, -0.2) is 58.9 Å². The van der Waals surface area contributed by atoms with Crippen LogP contribution < -0.4 is 0 Å². The van der Waals surface area contributed by atoms with Gasteiger partial charge in [0.05, 0.1) is 7.83 Å². The highest BCUT2D eigenvalue weighted by Crippen LogP contribution is 2.26. The molecule has 0 aliphatic carbocycles. The van der Waals surface area contributed by atoms with Gasteiger partial charge in [0.1, 0.15) is 17.0 Å². The maximum absolute atomic E-state index is 2.80. The highest BCUT2D eigenvalue weighted by Gasteiger charge is 2.47. The molecule has 0 radical (unpaired) electrons. The molecular formula is C10H29N3Si3. The van der Waals surface area contributed by atoms with Gasteiger partial charge in [0.2, 0.25) is 0 Å². The molecule has 0 spiro atoms. The van der Waals surface area contributed by atoms with E-state index < -0.39 is 15.6 Å². The number of hydrogen-bond acceptors (Lipinski definition) is 3. The summed E-state index contributed by atoms with van der Waals surface area (Å²) in [7, 11) is -1.46. The fourth-order valence-corrected chi connectivity index (χ4v) is 26.9. The average Bonchev–Trinajstić information content (AvgIpc) is 2.31. The van der Waals surface area contributed by atoms with E-state index in [-0.39, 0.29) is 9.20 Å². The Bertz CT molecular complexity index is 229. The van der Waals surface area contributed by atoms with Crippen LogP contribution in [0, 0.1) is 0 Å². The van der Waals surface area contributed by atoms with E-state index in [0.717, 1.165) is 0 Å². The van der Waals surface area contributed by atoms with Crippen molar-refractivity contribution in [2.45, 2.75) is 46.8 Å². The Hall–Kier alpha value is 0.531. The Balaban J connectivity index is 2.97. The molecule has 1 rings (SSSR count). The number of rotatable bonds is 4. The molecule has 2 atom stereocenters. The van der Waals surface area contributed by atoms with Crippen molar-refractivity contribution in [3.63, 3.8) is 0 Å². The Labute approximate surface area is 106 Å². The van der Waals surface area contributed by atoms with Gasteiger partial charge in [-0.2, -0.15) is 5.12 Å². The van der Waals surface area contributed by atoms with Gasteiger partial charge in [-0.05, 0) is 13.0 Å². The van der Waals surface area contributed by atoms with Gasteiger partial charge in [-0.1, -0.05) is 33.9 Å². The number of hydrazine groups is 2. The third kappa shape index (κ3) is 2.37. The van der Waals surface area contributed by atoms with Crippen molar-refractivity contribution in [1.29, 1.82) is 0 Å². The maximum Gasteiger partial charge on any atom is 0.129 e. The van der Waals surface area contributed by atoms with Crippen LogP contribution in [0.3, 0.4) is 0 Å². The summed E-state index contributed by atoms with van der Waals surface area (Å²) in [6.07, 6.45) is 0. The van der Waals surface area contributed by atoms with E-state index in [0.29, 0.717) is 0 Å². The van der Waals surface area contributed by atoms with Crippen LogP contribution in [0.15, 0.2) is 0 Å². The molecule has 16 heavy (non-hydrogen) atoms. The highest BCUT2D eigenvalue weighted by molar-refractivity contribution is 7.50. The molecule has 0 aromatic carbocycles. The first-order valence-corrected chi connectivity index (χ1v) is 16.4. The van der Waals surface area contributed by atoms with Gasteiger partial charge in [0.25, 0.3) is 0 Å². The zero-order valence-corrected chi connectivity index (χ0v) is 15.5. The van der Waals surface area contributed by atoms with Gasteiger partial charge in [0.15, 0.2) is 0 Å². The quantitative estimate of drug-likeness (QED) is 0.706. The normalized spacial score (nSPS) is 36.0. The Morgan fingerprint density at radius 2 is 1.69 bits per heavy atom. The summed E-state index contributed by atoms with van der Waals surface area (Å²) in [5, 5.41) is 2.61. The molecule has 1 fully saturated rings. The molecule has 0 saturated carbocycles. The zero-order chi connectivity index (χ0) is 12.3. The van der Waals surface area contributed by atoms with Gasteiger partial charge in [-0.15, -0.1) is 0 Å². The Morgan fingerprint density at radius 3 is 2.06 bits per heavy atom. The van der Waals surface area contributed by atoms with Gasteiger partial charge in [-0.3, -0.25) is 9.35 Å². The van der Waals surface area contributed by atoms with E-state index in [1.807, 2.05) is 0 Å². The van der Waals surface area contributed by atoms with Crippen molar-refractivity contribution in [3.05, 3.63) is 0 Å². The first kappa shape index (κ1) is 14.6. The van der Waals surface area contributed by atoms with Gasteiger partial charge in [0, 0.05) is 19.6 Å². The summed E-state index contributed by atoms with van der Waals surface area (Å²) in [6, 6.07) is 1.45. The van der Waals surface area contributed by atoms with Crippen molar-refractivity contribution < 1.29 is 0 Å². The van der Waals surface area contributed by atoms with Crippen LogP contribution in [0.4, 0.5) is 0 Å². The molecule has 1 heterocycles. The van der Waals surface area contributed by atoms with Gasteiger partial charge >= 0.3 is 0 Å². The maximum atomic E-state index is 2.80. The lowest BCUT2D eigenvalue weighted by atomic mass is 10.7. The molecule has 96 valence electrons. The third-order valence-electron chi connectivity index (χ3n) is 4.40. The Kier molecular flexibility index (Phi) is 5.40. The van der Waals surface area contributed by atoms with Gasteiger partial charge in [-0.25, -0.2) is 0 Å². The van der Waals surface area contributed by atoms with Crippen LogP contribution in [-0.2, 0) is 0 Å². The molecule has 0 aromatic heterocycles. The predicted molar refractivity (Wildman–Crippen MR) is 80.8 cm³/mol. The van der Waals surface area contributed by atoms with Crippen LogP contribution in [0.25, 0.3) is 0 Å². The van der Waals surface area contributed by atoms with Crippen molar-refractivity contribution in [1.82, 2.24) is 14.5 Å². The minimum absolute atomic E-state index is 0.0504. The molecule has 0 bridgehead atoms. The van der Waals surface area contributed by atoms with E-state index in [1.54, 1.807) is 0 Å². The monoisotopic (exact) mass is 275 g/mol. The largest absolute Gasteiger partial charge is 0.261 e. The molecule has 0 N–H and O–H groups in total.